The lowest BCUT2D eigenvalue weighted by Gasteiger charge is -2.28. The van der Waals surface area contributed by atoms with E-state index in [-0.39, 0.29) is 0 Å². The molecule has 1 atom stereocenters. The molecule has 0 aliphatic heterocycles. The van der Waals surface area contributed by atoms with Crippen LogP contribution in [0.15, 0.2) is 17.5 Å². The maximum absolute atomic E-state index is 2.46. The van der Waals surface area contributed by atoms with E-state index in [1.807, 2.05) is 11.3 Å². The average Bonchev–Trinajstić information content (AvgIpc) is 2.81. The molecule has 0 saturated carbocycles. The lowest BCUT2D eigenvalue weighted by molar-refractivity contribution is 0.377. The molecular weight excluding hydrogens is 212 g/mol. The average molecular weight is 238 g/mol. The fourth-order valence-electron chi connectivity index (χ4n) is 2.33. The lowest BCUT2D eigenvalue weighted by atomic mass is 9.79. The zero-order valence-electron chi connectivity index (χ0n) is 11.1. The fourth-order valence-corrected chi connectivity index (χ4v) is 3.28. The number of thiophene rings is 1. The summed E-state index contributed by atoms with van der Waals surface area (Å²) in [5.41, 5.74) is 0.444. The fraction of sp³-hybridized carbons (Fsp3) is 0.733. The monoisotopic (exact) mass is 238 g/mol. The molecule has 0 bridgehead atoms. The molecule has 16 heavy (non-hydrogen) atoms. The topological polar surface area (TPSA) is 0 Å². The van der Waals surface area contributed by atoms with Crippen molar-refractivity contribution in [3.8, 4) is 0 Å². The van der Waals surface area contributed by atoms with E-state index in [2.05, 4.69) is 38.3 Å². The van der Waals surface area contributed by atoms with Gasteiger partial charge in [-0.3, -0.25) is 0 Å². The predicted octanol–water partition coefficient (Wildman–Crippen LogP) is 5.78. The lowest BCUT2D eigenvalue weighted by Crippen LogP contribution is -2.20. The maximum atomic E-state index is 2.46. The van der Waals surface area contributed by atoms with Crippen LogP contribution in [0.3, 0.4) is 0 Å². The van der Waals surface area contributed by atoms with Crippen molar-refractivity contribution in [2.45, 2.75) is 71.1 Å². The van der Waals surface area contributed by atoms with Gasteiger partial charge in [0, 0.05) is 10.3 Å². The molecule has 1 aromatic heterocycles. The van der Waals surface area contributed by atoms with Crippen molar-refractivity contribution >= 4 is 11.3 Å². The Morgan fingerprint density at radius 3 is 2.31 bits per heavy atom. The Kier molecular flexibility index (Phi) is 6.12. The molecule has 0 radical (unpaired) electrons. The van der Waals surface area contributed by atoms with E-state index in [0.29, 0.717) is 5.41 Å². The van der Waals surface area contributed by atoms with Gasteiger partial charge in [0.05, 0.1) is 0 Å². The van der Waals surface area contributed by atoms with Crippen LogP contribution in [0.2, 0.25) is 0 Å². The minimum Gasteiger partial charge on any atom is -0.148 e. The van der Waals surface area contributed by atoms with Gasteiger partial charge in [-0.25, -0.2) is 0 Å². The van der Waals surface area contributed by atoms with E-state index in [1.165, 1.54) is 44.9 Å². The molecule has 1 heteroatoms. The Bertz CT molecular complexity index is 263. The van der Waals surface area contributed by atoms with E-state index in [0.717, 1.165) is 0 Å². The van der Waals surface area contributed by atoms with Gasteiger partial charge in [-0.2, -0.15) is 0 Å². The van der Waals surface area contributed by atoms with Crippen LogP contribution in [-0.4, -0.2) is 0 Å². The normalized spacial score (nSPS) is 14.9. The smallest absolute Gasteiger partial charge is 0.0104 e. The zero-order valence-corrected chi connectivity index (χ0v) is 11.9. The minimum atomic E-state index is 0.444. The van der Waals surface area contributed by atoms with Gasteiger partial charge < -0.3 is 0 Å². The molecule has 0 amide bonds. The molecule has 0 fully saturated rings. The highest BCUT2D eigenvalue weighted by molar-refractivity contribution is 7.10. The second kappa shape index (κ2) is 7.11. The number of rotatable bonds is 8. The van der Waals surface area contributed by atoms with Crippen molar-refractivity contribution in [2.24, 2.45) is 0 Å². The summed E-state index contributed by atoms with van der Waals surface area (Å²) in [5, 5.41) is 2.22. The summed E-state index contributed by atoms with van der Waals surface area (Å²) in [5.74, 6) is 0. The van der Waals surface area contributed by atoms with Crippen LogP contribution >= 0.6 is 11.3 Å². The molecule has 1 unspecified atom stereocenters. The summed E-state index contributed by atoms with van der Waals surface area (Å²) in [6.45, 7) is 7.04. The van der Waals surface area contributed by atoms with E-state index in [9.17, 15) is 0 Å². The summed E-state index contributed by atoms with van der Waals surface area (Å²) in [6, 6.07) is 4.52. The largest absolute Gasteiger partial charge is 0.148 e. The van der Waals surface area contributed by atoms with Crippen LogP contribution in [0.25, 0.3) is 0 Å². The zero-order chi connectivity index (χ0) is 11.9. The molecule has 0 nitrogen and oxygen atoms in total. The second-order valence-electron chi connectivity index (χ2n) is 5.10. The van der Waals surface area contributed by atoms with Crippen molar-refractivity contribution in [1.82, 2.24) is 0 Å². The molecule has 0 aliphatic rings. The van der Waals surface area contributed by atoms with Gasteiger partial charge in [-0.05, 0) is 24.3 Å². The van der Waals surface area contributed by atoms with Crippen LogP contribution in [0.5, 0.6) is 0 Å². The summed E-state index contributed by atoms with van der Waals surface area (Å²) in [4.78, 5) is 1.59. The standard InChI is InChI=1S/C15H26S/c1-4-6-8-12-15(3,11-7-5-2)14-10-9-13-16-14/h9-10,13H,4-8,11-12H2,1-3H3. The van der Waals surface area contributed by atoms with Crippen molar-refractivity contribution in [3.05, 3.63) is 22.4 Å². The molecule has 0 spiro atoms. The van der Waals surface area contributed by atoms with E-state index < -0.39 is 0 Å². The molecule has 0 saturated heterocycles. The Hall–Kier alpha value is -0.300. The first-order valence-corrected chi connectivity index (χ1v) is 7.65. The Morgan fingerprint density at radius 1 is 1.06 bits per heavy atom. The quantitative estimate of drug-likeness (QED) is 0.504. The molecule has 0 aliphatic carbocycles. The molecule has 0 N–H and O–H groups in total. The van der Waals surface area contributed by atoms with Crippen molar-refractivity contribution < 1.29 is 0 Å². The maximum Gasteiger partial charge on any atom is 0.0104 e. The van der Waals surface area contributed by atoms with E-state index in [4.69, 9.17) is 0 Å². The van der Waals surface area contributed by atoms with E-state index in [1.54, 1.807) is 4.88 Å². The number of hydrogen-bond donors (Lipinski definition) is 0. The van der Waals surface area contributed by atoms with Crippen LogP contribution in [0.1, 0.15) is 70.6 Å². The third kappa shape index (κ3) is 3.93. The Morgan fingerprint density at radius 2 is 1.75 bits per heavy atom. The molecular formula is C15H26S. The highest BCUT2D eigenvalue weighted by Crippen LogP contribution is 2.37. The first-order chi connectivity index (χ1) is 7.73. The van der Waals surface area contributed by atoms with Crippen LogP contribution in [-0.2, 0) is 5.41 Å². The minimum absolute atomic E-state index is 0.444. The van der Waals surface area contributed by atoms with Gasteiger partial charge >= 0.3 is 0 Å². The van der Waals surface area contributed by atoms with E-state index >= 15 is 0 Å². The first kappa shape index (κ1) is 13.8. The Labute approximate surface area is 105 Å². The van der Waals surface area contributed by atoms with Gasteiger partial charge in [0.15, 0.2) is 0 Å². The van der Waals surface area contributed by atoms with Crippen LogP contribution < -0.4 is 0 Å². The van der Waals surface area contributed by atoms with Crippen LogP contribution in [0, 0.1) is 0 Å². The third-order valence-electron chi connectivity index (χ3n) is 3.53. The third-order valence-corrected chi connectivity index (χ3v) is 4.71. The highest BCUT2D eigenvalue weighted by atomic mass is 32.1. The van der Waals surface area contributed by atoms with Crippen LogP contribution in [0.4, 0.5) is 0 Å². The first-order valence-electron chi connectivity index (χ1n) is 6.77. The van der Waals surface area contributed by atoms with Gasteiger partial charge in [-0.15, -0.1) is 11.3 Å². The summed E-state index contributed by atoms with van der Waals surface area (Å²) in [7, 11) is 0. The summed E-state index contributed by atoms with van der Waals surface area (Å²) < 4.78 is 0. The molecule has 0 aromatic carbocycles. The van der Waals surface area contributed by atoms with Gasteiger partial charge in [0.25, 0.3) is 0 Å². The molecule has 1 aromatic rings. The molecule has 1 heterocycles. The summed E-state index contributed by atoms with van der Waals surface area (Å²) >= 11 is 1.94. The second-order valence-corrected chi connectivity index (χ2v) is 6.05. The van der Waals surface area contributed by atoms with Crippen molar-refractivity contribution in [2.75, 3.05) is 0 Å². The summed E-state index contributed by atoms with van der Waals surface area (Å²) in [6.07, 6.45) is 9.49. The molecule has 92 valence electrons. The number of unbranched alkanes of at least 4 members (excludes halogenated alkanes) is 3. The Balaban J connectivity index is 2.60. The highest BCUT2D eigenvalue weighted by Gasteiger charge is 2.26. The van der Waals surface area contributed by atoms with Crippen molar-refractivity contribution in [1.29, 1.82) is 0 Å². The molecule has 1 rings (SSSR count). The van der Waals surface area contributed by atoms with Gasteiger partial charge in [-0.1, -0.05) is 58.9 Å². The van der Waals surface area contributed by atoms with Gasteiger partial charge in [0.1, 0.15) is 0 Å². The SMILES string of the molecule is CCCCCC(C)(CCCC)c1cccs1. The predicted molar refractivity (Wildman–Crippen MR) is 75.3 cm³/mol. The number of hydrogen-bond acceptors (Lipinski definition) is 1. The van der Waals surface area contributed by atoms with Gasteiger partial charge in [0.2, 0.25) is 0 Å². The van der Waals surface area contributed by atoms with Crippen molar-refractivity contribution in [3.63, 3.8) is 0 Å².